The molecule has 0 aromatic carbocycles. The second kappa shape index (κ2) is 6.96. The molecule has 0 radical (unpaired) electrons. The molecule has 2 aromatic rings. The molecule has 0 saturated carbocycles. The number of carboxylic acid groups (broad SMARTS) is 1. The van der Waals surface area contributed by atoms with Crippen LogP contribution in [0.1, 0.15) is 47.3 Å². The van der Waals surface area contributed by atoms with E-state index in [1.807, 2.05) is 12.3 Å². The van der Waals surface area contributed by atoms with Crippen LogP contribution < -0.4 is 0 Å². The number of aromatic carboxylic acids is 1. The summed E-state index contributed by atoms with van der Waals surface area (Å²) >= 11 is 0. The highest BCUT2D eigenvalue weighted by Crippen LogP contribution is 2.34. The van der Waals surface area contributed by atoms with Gasteiger partial charge >= 0.3 is 5.97 Å². The van der Waals surface area contributed by atoms with Crippen LogP contribution in [0.5, 0.6) is 0 Å². The number of nitrogens with zero attached hydrogens (tertiary/aromatic N) is 4. The maximum atomic E-state index is 11.8. The summed E-state index contributed by atoms with van der Waals surface area (Å²) in [6, 6.07) is 1.95. The number of hydrogen-bond acceptors (Lipinski definition) is 4. The molecule has 25 heavy (non-hydrogen) atoms. The summed E-state index contributed by atoms with van der Waals surface area (Å²) in [5.41, 5.74) is 4.28. The predicted molar refractivity (Wildman–Crippen MR) is 94.7 cm³/mol. The molecule has 2 aliphatic rings. The van der Waals surface area contributed by atoms with E-state index in [2.05, 4.69) is 15.0 Å². The fourth-order valence-corrected chi connectivity index (χ4v) is 4.10. The van der Waals surface area contributed by atoms with Crippen molar-refractivity contribution in [2.45, 2.75) is 45.1 Å². The van der Waals surface area contributed by atoms with Crippen molar-refractivity contribution in [3.05, 3.63) is 35.3 Å². The van der Waals surface area contributed by atoms with Gasteiger partial charge in [-0.05, 0) is 63.4 Å². The summed E-state index contributed by atoms with van der Waals surface area (Å²) in [5.74, 6) is -0.871. The van der Waals surface area contributed by atoms with Gasteiger partial charge in [0, 0.05) is 30.1 Å². The Morgan fingerprint density at radius 2 is 2.00 bits per heavy atom. The van der Waals surface area contributed by atoms with Gasteiger partial charge in [-0.3, -0.25) is 9.67 Å². The molecular weight excluding hydrogens is 316 g/mol. The summed E-state index contributed by atoms with van der Waals surface area (Å²) < 4.78 is 1.71. The number of piperidine rings is 1. The van der Waals surface area contributed by atoms with Crippen LogP contribution in [0.15, 0.2) is 18.5 Å². The lowest BCUT2D eigenvalue weighted by Crippen LogP contribution is -2.31. The first-order chi connectivity index (χ1) is 12.2. The average molecular weight is 340 g/mol. The van der Waals surface area contributed by atoms with E-state index in [1.165, 1.54) is 32.4 Å². The molecule has 0 bridgehead atoms. The van der Waals surface area contributed by atoms with E-state index in [4.69, 9.17) is 0 Å². The zero-order chi connectivity index (χ0) is 17.2. The first-order valence-electron chi connectivity index (χ1n) is 9.22. The normalized spacial score (nSPS) is 17.1. The Morgan fingerprint density at radius 1 is 1.16 bits per heavy atom. The van der Waals surface area contributed by atoms with E-state index in [0.29, 0.717) is 12.2 Å². The molecule has 1 N–H and O–H groups in total. The number of carboxylic acids is 1. The van der Waals surface area contributed by atoms with Crippen molar-refractivity contribution >= 4 is 5.97 Å². The summed E-state index contributed by atoms with van der Waals surface area (Å²) in [6.07, 6.45) is 10.0. The molecule has 6 heteroatoms. The Balaban J connectivity index is 1.56. The van der Waals surface area contributed by atoms with Crippen LogP contribution in [-0.2, 0) is 19.4 Å². The van der Waals surface area contributed by atoms with E-state index in [-0.39, 0.29) is 0 Å². The minimum Gasteiger partial charge on any atom is -0.477 e. The molecule has 0 unspecified atom stereocenters. The number of likely N-dealkylation sites (tertiary alicyclic amines) is 1. The largest absolute Gasteiger partial charge is 0.477 e. The van der Waals surface area contributed by atoms with E-state index < -0.39 is 5.97 Å². The number of fused-ring (bicyclic) bond motifs is 3. The van der Waals surface area contributed by atoms with Crippen LogP contribution in [0.3, 0.4) is 0 Å². The molecule has 6 nitrogen and oxygen atoms in total. The first kappa shape index (κ1) is 16.3. The number of aryl methyl sites for hydroxylation is 2. The van der Waals surface area contributed by atoms with E-state index in [0.717, 1.165) is 48.2 Å². The third kappa shape index (κ3) is 3.18. The summed E-state index contributed by atoms with van der Waals surface area (Å²) in [5, 5.41) is 14.4. The van der Waals surface area contributed by atoms with Crippen molar-refractivity contribution in [3.63, 3.8) is 0 Å². The average Bonchev–Trinajstić information content (AvgIpc) is 3.01. The van der Waals surface area contributed by atoms with Crippen molar-refractivity contribution < 1.29 is 9.90 Å². The second-order valence-corrected chi connectivity index (χ2v) is 6.99. The Morgan fingerprint density at radius 3 is 2.80 bits per heavy atom. The molecule has 1 saturated heterocycles. The first-order valence-corrected chi connectivity index (χ1v) is 9.22. The molecule has 4 rings (SSSR count). The molecule has 132 valence electrons. The van der Waals surface area contributed by atoms with Gasteiger partial charge in [0.05, 0.1) is 5.69 Å². The highest BCUT2D eigenvalue weighted by atomic mass is 16.4. The van der Waals surface area contributed by atoms with Crippen molar-refractivity contribution in [2.24, 2.45) is 0 Å². The van der Waals surface area contributed by atoms with Gasteiger partial charge in [-0.15, -0.1) is 0 Å². The third-order valence-electron chi connectivity index (χ3n) is 5.35. The molecule has 1 aliphatic heterocycles. The number of hydrogen-bond donors (Lipinski definition) is 1. The van der Waals surface area contributed by atoms with Crippen molar-refractivity contribution in [1.29, 1.82) is 0 Å². The highest BCUT2D eigenvalue weighted by Gasteiger charge is 2.28. The smallest absolute Gasteiger partial charge is 0.354 e. The van der Waals surface area contributed by atoms with Crippen molar-refractivity contribution in [2.75, 3.05) is 19.6 Å². The minimum atomic E-state index is -0.871. The molecule has 0 spiro atoms. The van der Waals surface area contributed by atoms with Gasteiger partial charge in [-0.25, -0.2) is 4.79 Å². The van der Waals surface area contributed by atoms with E-state index in [9.17, 15) is 9.90 Å². The zero-order valence-corrected chi connectivity index (χ0v) is 14.4. The van der Waals surface area contributed by atoms with Crippen LogP contribution in [0, 0.1) is 0 Å². The van der Waals surface area contributed by atoms with Gasteiger partial charge in [-0.1, -0.05) is 6.42 Å². The number of carbonyl (C=O) groups is 1. The maximum Gasteiger partial charge on any atom is 0.354 e. The lowest BCUT2D eigenvalue weighted by atomic mass is 9.90. The number of rotatable bonds is 5. The van der Waals surface area contributed by atoms with E-state index in [1.54, 1.807) is 10.9 Å². The quantitative estimate of drug-likeness (QED) is 0.906. The maximum absolute atomic E-state index is 11.8. The Bertz CT molecular complexity index is 778. The van der Waals surface area contributed by atoms with Gasteiger partial charge in [0.25, 0.3) is 0 Å². The fraction of sp³-hybridized carbons (Fsp3) is 0.526. The number of aromatic nitrogens is 3. The summed E-state index contributed by atoms with van der Waals surface area (Å²) in [4.78, 5) is 18.5. The monoisotopic (exact) mass is 340 g/mol. The topological polar surface area (TPSA) is 71.2 Å². The van der Waals surface area contributed by atoms with Crippen LogP contribution >= 0.6 is 0 Å². The Hall–Kier alpha value is -2.21. The Labute approximate surface area is 147 Å². The molecular formula is C19H24N4O2. The minimum absolute atomic E-state index is 0.371. The van der Waals surface area contributed by atoms with Crippen LogP contribution in [0.25, 0.3) is 11.3 Å². The fourth-order valence-electron chi connectivity index (χ4n) is 4.10. The lowest BCUT2D eigenvalue weighted by Gasteiger charge is -2.26. The van der Waals surface area contributed by atoms with Gasteiger partial charge in [0.1, 0.15) is 5.69 Å². The standard InChI is InChI=1S/C19H24N4O2/c24-19(25)18-16-6-5-14-13-20-8-7-15(14)17(16)21-23(18)12-4-11-22-9-2-1-3-10-22/h7-8,13H,1-6,9-12H2,(H,24,25). The molecule has 0 atom stereocenters. The molecule has 1 fully saturated rings. The molecule has 1 aliphatic carbocycles. The van der Waals surface area contributed by atoms with Gasteiger partial charge in [0.15, 0.2) is 0 Å². The second-order valence-electron chi connectivity index (χ2n) is 6.99. The Kier molecular flexibility index (Phi) is 4.53. The van der Waals surface area contributed by atoms with Gasteiger partial charge in [-0.2, -0.15) is 5.10 Å². The highest BCUT2D eigenvalue weighted by molar-refractivity contribution is 5.90. The van der Waals surface area contributed by atoms with Crippen LogP contribution in [0.2, 0.25) is 0 Å². The molecule has 0 amide bonds. The predicted octanol–water partition coefficient (Wildman–Crippen LogP) is 2.62. The van der Waals surface area contributed by atoms with E-state index >= 15 is 0 Å². The summed E-state index contributed by atoms with van der Waals surface area (Å²) in [6.45, 7) is 4.01. The van der Waals surface area contributed by atoms with Crippen LogP contribution in [-0.4, -0.2) is 50.4 Å². The van der Waals surface area contributed by atoms with Crippen molar-refractivity contribution in [1.82, 2.24) is 19.7 Å². The molecule has 3 heterocycles. The number of pyridine rings is 1. The third-order valence-corrected chi connectivity index (χ3v) is 5.35. The lowest BCUT2D eigenvalue weighted by molar-refractivity contribution is 0.0681. The zero-order valence-electron chi connectivity index (χ0n) is 14.4. The SMILES string of the molecule is O=C(O)c1c2c(nn1CCCN1CCCCC1)-c1ccncc1CC2. The van der Waals surface area contributed by atoms with Crippen LogP contribution in [0.4, 0.5) is 0 Å². The van der Waals surface area contributed by atoms with Gasteiger partial charge < -0.3 is 10.0 Å². The van der Waals surface area contributed by atoms with Gasteiger partial charge in [0.2, 0.25) is 0 Å². The molecule has 2 aromatic heterocycles. The van der Waals surface area contributed by atoms with Crippen molar-refractivity contribution in [3.8, 4) is 11.3 Å². The summed E-state index contributed by atoms with van der Waals surface area (Å²) in [7, 11) is 0.